The van der Waals surface area contributed by atoms with Crippen LogP contribution in [0.2, 0.25) is 0 Å². The van der Waals surface area contributed by atoms with Gasteiger partial charge in [-0.3, -0.25) is 0 Å². The molecular formula is C20H36OS. The standard InChI is InChI=1S/C16H26O.C3H6S.CH4/c1-3-4-5-6-7-8-9-10-15-11-12-16(17)14(2)13-15;1-2-3-4;/h11-13,17H,3-10H2,1-2H3;2,4H,1,3H2;1H4. The number of unbranched alkanes of at least 4 members (excludes halogenated alkanes) is 6. The summed E-state index contributed by atoms with van der Waals surface area (Å²) in [6.07, 6.45) is 12.4. The molecule has 0 aliphatic rings. The number of aromatic hydroxyl groups is 1. The fraction of sp³-hybridized carbons (Fsp3) is 0.600. The van der Waals surface area contributed by atoms with Crippen molar-refractivity contribution in [2.24, 2.45) is 0 Å². The zero-order valence-corrected chi connectivity index (χ0v) is 14.7. The zero-order valence-electron chi connectivity index (χ0n) is 13.8. The van der Waals surface area contributed by atoms with Crippen LogP contribution in [0.3, 0.4) is 0 Å². The Hall–Kier alpha value is -0.890. The first-order valence-corrected chi connectivity index (χ1v) is 8.79. The first-order chi connectivity index (χ1) is 10.2. The van der Waals surface area contributed by atoms with E-state index in [0.717, 1.165) is 17.7 Å². The molecule has 0 saturated carbocycles. The van der Waals surface area contributed by atoms with Crippen LogP contribution in [0.15, 0.2) is 30.9 Å². The maximum absolute atomic E-state index is 9.44. The summed E-state index contributed by atoms with van der Waals surface area (Å²) in [6, 6.07) is 5.96. The second-order valence-electron chi connectivity index (χ2n) is 5.46. The highest BCUT2D eigenvalue weighted by molar-refractivity contribution is 7.80. The largest absolute Gasteiger partial charge is 0.508 e. The van der Waals surface area contributed by atoms with Crippen molar-refractivity contribution >= 4 is 12.6 Å². The number of rotatable bonds is 9. The molecule has 0 bridgehead atoms. The predicted molar refractivity (Wildman–Crippen MR) is 105 cm³/mol. The molecule has 0 heterocycles. The van der Waals surface area contributed by atoms with Crippen LogP contribution in [0.25, 0.3) is 0 Å². The molecule has 2 heteroatoms. The van der Waals surface area contributed by atoms with Crippen LogP contribution in [-0.2, 0) is 6.42 Å². The number of phenols is 1. The summed E-state index contributed by atoms with van der Waals surface area (Å²) in [5.41, 5.74) is 2.35. The van der Waals surface area contributed by atoms with Crippen LogP contribution in [0.1, 0.15) is 70.4 Å². The maximum atomic E-state index is 9.44. The zero-order chi connectivity index (χ0) is 15.9. The van der Waals surface area contributed by atoms with Gasteiger partial charge in [-0.15, -0.1) is 6.58 Å². The van der Waals surface area contributed by atoms with Crippen molar-refractivity contribution in [3.63, 3.8) is 0 Å². The molecule has 0 atom stereocenters. The Kier molecular flexibility index (Phi) is 17.5. The lowest BCUT2D eigenvalue weighted by Crippen LogP contribution is -1.87. The number of benzene rings is 1. The third-order valence-corrected chi connectivity index (χ3v) is 3.72. The SMILES string of the molecule is C.C=CCS.CCCCCCCCCc1ccc(O)c(C)c1. The molecular weight excluding hydrogens is 288 g/mol. The van der Waals surface area contributed by atoms with Crippen molar-refractivity contribution in [1.82, 2.24) is 0 Å². The normalized spacial score (nSPS) is 9.41. The molecule has 0 radical (unpaired) electrons. The second-order valence-corrected chi connectivity index (χ2v) is 5.83. The molecule has 0 aliphatic carbocycles. The Balaban J connectivity index is 0. The summed E-state index contributed by atoms with van der Waals surface area (Å²) >= 11 is 3.80. The van der Waals surface area contributed by atoms with Crippen LogP contribution < -0.4 is 0 Å². The van der Waals surface area contributed by atoms with Crippen LogP contribution in [0, 0.1) is 6.92 Å². The highest BCUT2D eigenvalue weighted by Crippen LogP contribution is 2.18. The van der Waals surface area contributed by atoms with Gasteiger partial charge < -0.3 is 5.11 Å². The lowest BCUT2D eigenvalue weighted by Gasteiger charge is -2.04. The lowest BCUT2D eigenvalue weighted by atomic mass is 10.0. The van der Waals surface area contributed by atoms with Crippen LogP contribution in [0.5, 0.6) is 5.75 Å². The van der Waals surface area contributed by atoms with E-state index < -0.39 is 0 Å². The first-order valence-electron chi connectivity index (χ1n) is 8.16. The van der Waals surface area contributed by atoms with Crippen LogP contribution in [-0.4, -0.2) is 10.9 Å². The predicted octanol–water partition coefficient (Wildman–Crippen LogP) is 6.73. The highest BCUT2D eigenvalue weighted by Gasteiger charge is 1.98. The topological polar surface area (TPSA) is 20.2 Å². The van der Waals surface area contributed by atoms with Gasteiger partial charge in [0.2, 0.25) is 0 Å². The average Bonchev–Trinajstić information content (AvgIpc) is 2.50. The molecule has 0 spiro atoms. The third kappa shape index (κ3) is 12.8. The van der Waals surface area contributed by atoms with E-state index in [2.05, 4.69) is 32.2 Å². The first kappa shape index (κ1) is 23.4. The van der Waals surface area contributed by atoms with Crippen molar-refractivity contribution in [3.8, 4) is 5.75 Å². The number of hydrogen-bond acceptors (Lipinski definition) is 2. The summed E-state index contributed by atoms with van der Waals surface area (Å²) in [6.45, 7) is 7.62. The molecule has 1 N–H and O–H groups in total. The molecule has 1 rings (SSSR count). The van der Waals surface area contributed by atoms with E-state index in [1.165, 1.54) is 50.5 Å². The number of thiol groups is 1. The van der Waals surface area contributed by atoms with E-state index in [1.807, 2.05) is 19.1 Å². The second kappa shape index (κ2) is 16.5. The summed E-state index contributed by atoms with van der Waals surface area (Å²) in [5, 5.41) is 9.44. The van der Waals surface area contributed by atoms with Crippen molar-refractivity contribution < 1.29 is 5.11 Å². The molecule has 1 aromatic carbocycles. The van der Waals surface area contributed by atoms with Crippen LogP contribution in [0.4, 0.5) is 0 Å². The molecule has 128 valence electrons. The summed E-state index contributed by atoms with van der Waals surface area (Å²) < 4.78 is 0. The van der Waals surface area contributed by atoms with Gasteiger partial charge in [0.1, 0.15) is 5.75 Å². The van der Waals surface area contributed by atoms with E-state index in [4.69, 9.17) is 0 Å². The Morgan fingerprint density at radius 3 is 2.14 bits per heavy atom. The van der Waals surface area contributed by atoms with Crippen molar-refractivity contribution in [1.29, 1.82) is 0 Å². The Bertz CT molecular complexity index is 374. The average molecular weight is 325 g/mol. The number of hydrogen-bond donors (Lipinski definition) is 2. The summed E-state index contributed by atoms with van der Waals surface area (Å²) in [5.74, 6) is 1.19. The van der Waals surface area contributed by atoms with E-state index in [9.17, 15) is 5.11 Å². The molecule has 1 aromatic rings. The van der Waals surface area contributed by atoms with Gasteiger partial charge in [-0.05, 0) is 37.0 Å². The van der Waals surface area contributed by atoms with Gasteiger partial charge in [-0.2, -0.15) is 12.6 Å². The molecule has 0 aromatic heterocycles. The smallest absolute Gasteiger partial charge is 0.118 e. The maximum Gasteiger partial charge on any atom is 0.118 e. The Morgan fingerprint density at radius 1 is 1.09 bits per heavy atom. The molecule has 0 aliphatic heterocycles. The van der Waals surface area contributed by atoms with Gasteiger partial charge in [0, 0.05) is 5.75 Å². The van der Waals surface area contributed by atoms with Gasteiger partial charge in [0.25, 0.3) is 0 Å². The van der Waals surface area contributed by atoms with Gasteiger partial charge in [-0.1, -0.05) is 71.1 Å². The van der Waals surface area contributed by atoms with E-state index in [-0.39, 0.29) is 7.43 Å². The van der Waals surface area contributed by atoms with Gasteiger partial charge >= 0.3 is 0 Å². The minimum Gasteiger partial charge on any atom is -0.508 e. The Morgan fingerprint density at radius 2 is 1.64 bits per heavy atom. The third-order valence-electron chi connectivity index (χ3n) is 3.46. The lowest BCUT2D eigenvalue weighted by molar-refractivity contribution is 0.470. The molecule has 22 heavy (non-hydrogen) atoms. The molecule has 0 fully saturated rings. The molecule has 0 saturated heterocycles. The minimum atomic E-state index is 0. The van der Waals surface area contributed by atoms with Crippen molar-refractivity contribution in [2.75, 3.05) is 5.75 Å². The summed E-state index contributed by atoms with van der Waals surface area (Å²) in [4.78, 5) is 0. The van der Waals surface area contributed by atoms with E-state index >= 15 is 0 Å². The van der Waals surface area contributed by atoms with Crippen molar-refractivity contribution in [2.45, 2.75) is 72.6 Å². The fourth-order valence-corrected chi connectivity index (χ4v) is 2.16. The Labute approximate surface area is 144 Å². The molecule has 0 amide bonds. The van der Waals surface area contributed by atoms with Gasteiger partial charge in [0.15, 0.2) is 0 Å². The molecule has 0 unspecified atom stereocenters. The van der Waals surface area contributed by atoms with Crippen LogP contribution >= 0.6 is 12.6 Å². The van der Waals surface area contributed by atoms with E-state index in [1.54, 1.807) is 6.08 Å². The fourth-order valence-electron chi connectivity index (χ4n) is 2.16. The molecule has 1 nitrogen and oxygen atoms in total. The minimum absolute atomic E-state index is 0. The van der Waals surface area contributed by atoms with E-state index in [0.29, 0.717) is 5.75 Å². The monoisotopic (exact) mass is 324 g/mol. The van der Waals surface area contributed by atoms with Gasteiger partial charge in [-0.25, -0.2) is 0 Å². The quantitative estimate of drug-likeness (QED) is 0.293. The van der Waals surface area contributed by atoms with Crippen molar-refractivity contribution in [3.05, 3.63) is 42.0 Å². The van der Waals surface area contributed by atoms with Gasteiger partial charge in [0.05, 0.1) is 0 Å². The highest BCUT2D eigenvalue weighted by atomic mass is 32.1. The number of phenolic OH excluding ortho intramolecular Hbond substituents is 1. The number of aryl methyl sites for hydroxylation is 2. The summed E-state index contributed by atoms with van der Waals surface area (Å²) in [7, 11) is 0.